The third kappa shape index (κ3) is 5.15. The molecule has 0 aromatic rings. The van der Waals surface area contributed by atoms with Crippen molar-refractivity contribution in [3.8, 4) is 0 Å². The van der Waals surface area contributed by atoms with E-state index in [0.717, 1.165) is 84.0 Å². The molecule has 5 nitrogen and oxygen atoms in total. The van der Waals surface area contributed by atoms with Gasteiger partial charge in [0.2, 0.25) is 0 Å². The van der Waals surface area contributed by atoms with Crippen molar-refractivity contribution in [1.82, 2.24) is 14.7 Å². The number of nitrogens with two attached hydrogens (primary N) is 1. The number of carbonyl (C=O) groups is 1. The van der Waals surface area contributed by atoms with Crippen molar-refractivity contribution in [2.24, 2.45) is 11.7 Å². The molecule has 21 heavy (non-hydrogen) atoms. The van der Waals surface area contributed by atoms with E-state index in [1.807, 2.05) is 0 Å². The van der Waals surface area contributed by atoms with E-state index in [0.29, 0.717) is 0 Å². The van der Waals surface area contributed by atoms with Crippen LogP contribution in [-0.2, 0) is 0 Å². The SMILES string of the molecule is CC1CCN(C(=O)N2CCCN(CCCCN)CC2)CC1. The van der Waals surface area contributed by atoms with Crippen molar-refractivity contribution in [3.63, 3.8) is 0 Å². The average Bonchev–Trinajstić information content (AvgIpc) is 2.73. The molecule has 2 aliphatic rings. The van der Waals surface area contributed by atoms with Gasteiger partial charge < -0.3 is 20.4 Å². The number of likely N-dealkylation sites (tertiary alicyclic amines) is 1. The molecule has 0 aliphatic carbocycles. The van der Waals surface area contributed by atoms with Gasteiger partial charge >= 0.3 is 6.03 Å². The van der Waals surface area contributed by atoms with E-state index < -0.39 is 0 Å². The number of carbonyl (C=O) groups excluding carboxylic acids is 1. The number of urea groups is 1. The van der Waals surface area contributed by atoms with Crippen LogP contribution in [0.1, 0.15) is 39.0 Å². The minimum Gasteiger partial charge on any atom is -0.330 e. The lowest BCUT2D eigenvalue weighted by Gasteiger charge is -2.34. The smallest absolute Gasteiger partial charge is 0.320 e. The molecule has 0 aromatic carbocycles. The summed E-state index contributed by atoms with van der Waals surface area (Å²) in [6.45, 7) is 10.0. The highest BCUT2D eigenvalue weighted by molar-refractivity contribution is 5.74. The van der Waals surface area contributed by atoms with Crippen LogP contribution in [0.5, 0.6) is 0 Å². The third-order valence-corrected chi connectivity index (χ3v) is 4.84. The highest BCUT2D eigenvalue weighted by Crippen LogP contribution is 2.18. The minimum atomic E-state index is 0.269. The normalized spacial score (nSPS) is 22.4. The summed E-state index contributed by atoms with van der Waals surface area (Å²) in [5.74, 6) is 0.774. The maximum absolute atomic E-state index is 12.6. The van der Waals surface area contributed by atoms with E-state index in [1.165, 1.54) is 6.42 Å². The average molecular weight is 296 g/mol. The monoisotopic (exact) mass is 296 g/mol. The Kier molecular flexibility index (Phi) is 6.77. The van der Waals surface area contributed by atoms with Gasteiger partial charge in [-0.15, -0.1) is 0 Å². The Hall–Kier alpha value is -0.810. The van der Waals surface area contributed by atoms with Gasteiger partial charge in [-0.25, -0.2) is 4.79 Å². The number of piperidine rings is 1. The molecule has 0 bridgehead atoms. The Morgan fingerprint density at radius 2 is 1.71 bits per heavy atom. The minimum absolute atomic E-state index is 0.269. The predicted molar refractivity (Wildman–Crippen MR) is 86.3 cm³/mol. The van der Waals surface area contributed by atoms with Gasteiger partial charge in [-0.3, -0.25) is 0 Å². The Bertz CT molecular complexity index is 315. The number of unbranched alkanes of at least 4 members (excludes halogenated alkanes) is 1. The van der Waals surface area contributed by atoms with Gasteiger partial charge in [-0.2, -0.15) is 0 Å². The number of hydrogen-bond donors (Lipinski definition) is 1. The molecule has 5 heteroatoms. The van der Waals surface area contributed by atoms with Gasteiger partial charge in [0.1, 0.15) is 0 Å². The first kappa shape index (κ1) is 16.6. The zero-order valence-electron chi connectivity index (χ0n) is 13.6. The number of nitrogens with zero attached hydrogens (tertiary/aromatic N) is 3. The van der Waals surface area contributed by atoms with Crippen molar-refractivity contribution in [2.75, 3.05) is 52.4 Å². The summed E-state index contributed by atoms with van der Waals surface area (Å²) in [6.07, 6.45) is 5.69. The molecule has 2 heterocycles. The second-order valence-corrected chi connectivity index (χ2v) is 6.63. The molecule has 2 saturated heterocycles. The summed E-state index contributed by atoms with van der Waals surface area (Å²) in [5.41, 5.74) is 5.55. The summed E-state index contributed by atoms with van der Waals surface area (Å²) in [7, 11) is 0. The first-order valence-corrected chi connectivity index (χ1v) is 8.67. The number of amides is 2. The lowest BCUT2D eigenvalue weighted by atomic mass is 9.99. The Balaban J connectivity index is 1.75. The highest BCUT2D eigenvalue weighted by Gasteiger charge is 2.26. The molecule has 2 N–H and O–H groups in total. The van der Waals surface area contributed by atoms with Crippen molar-refractivity contribution >= 4 is 6.03 Å². The van der Waals surface area contributed by atoms with Crippen molar-refractivity contribution in [2.45, 2.75) is 39.0 Å². The van der Waals surface area contributed by atoms with Gasteiger partial charge in [0, 0.05) is 32.7 Å². The molecular weight excluding hydrogens is 264 g/mol. The molecule has 0 saturated carbocycles. The van der Waals surface area contributed by atoms with Crippen LogP contribution in [0, 0.1) is 5.92 Å². The van der Waals surface area contributed by atoms with Crippen molar-refractivity contribution in [1.29, 1.82) is 0 Å². The van der Waals surface area contributed by atoms with Crippen LogP contribution < -0.4 is 5.73 Å². The van der Waals surface area contributed by atoms with Crippen LogP contribution >= 0.6 is 0 Å². The van der Waals surface area contributed by atoms with Crippen molar-refractivity contribution < 1.29 is 4.79 Å². The molecule has 0 spiro atoms. The quantitative estimate of drug-likeness (QED) is 0.802. The fraction of sp³-hybridized carbons (Fsp3) is 0.938. The van der Waals surface area contributed by atoms with Crippen LogP contribution in [0.25, 0.3) is 0 Å². The third-order valence-electron chi connectivity index (χ3n) is 4.84. The molecule has 2 rings (SSSR count). The van der Waals surface area contributed by atoms with E-state index in [2.05, 4.69) is 21.6 Å². The Labute approximate surface area is 129 Å². The molecule has 2 aliphatic heterocycles. The second-order valence-electron chi connectivity index (χ2n) is 6.63. The lowest BCUT2D eigenvalue weighted by molar-refractivity contribution is 0.135. The van der Waals surface area contributed by atoms with E-state index in [-0.39, 0.29) is 6.03 Å². The van der Waals surface area contributed by atoms with E-state index in [4.69, 9.17) is 5.73 Å². The van der Waals surface area contributed by atoms with Crippen LogP contribution in [0.4, 0.5) is 4.79 Å². The number of rotatable bonds is 4. The van der Waals surface area contributed by atoms with E-state index in [9.17, 15) is 4.79 Å². The molecule has 122 valence electrons. The van der Waals surface area contributed by atoms with Crippen LogP contribution in [0.15, 0.2) is 0 Å². The van der Waals surface area contributed by atoms with Crippen LogP contribution in [-0.4, -0.2) is 73.1 Å². The predicted octanol–water partition coefficient (Wildman–Crippen LogP) is 1.58. The largest absolute Gasteiger partial charge is 0.330 e. The fourth-order valence-corrected chi connectivity index (χ4v) is 3.27. The van der Waals surface area contributed by atoms with Gasteiger partial charge in [0.25, 0.3) is 0 Å². The molecule has 0 unspecified atom stereocenters. The highest BCUT2D eigenvalue weighted by atomic mass is 16.2. The van der Waals surface area contributed by atoms with Crippen LogP contribution in [0.2, 0.25) is 0 Å². The Morgan fingerprint density at radius 3 is 2.43 bits per heavy atom. The maximum Gasteiger partial charge on any atom is 0.320 e. The zero-order valence-corrected chi connectivity index (χ0v) is 13.6. The van der Waals surface area contributed by atoms with Crippen molar-refractivity contribution in [3.05, 3.63) is 0 Å². The summed E-state index contributed by atoms with van der Waals surface area (Å²) < 4.78 is 0. The Morgan fingerprint density at radius 1 is 1.00 bits per heavy atom. The summed E-state index contributed by atoms with van der Waals surface area (Å²) >= 11 is 0. The van der Waals surface area contributed by atoms with Gasteiger partial charge in [0.15, 0.2) is 0 Å². The molecule has 2 fully saturated rings. The summed E-state index contributed by atoms with van der Waals surface area (Å²) in [4.78, 5) is 19.2. The lowest BCUT2D eigenvalue weighted by Crippen LogP contribution is -2.47. The molecule has 2 amide bonds. The standard InChI is InChI=1S/C16H32N4O/c1-15-5-11-20(12-6-15)16(21)19-10-4-9-18(13-14-19)8-3-2-7-17/h15H,2-14,17H2,1H3. The van der Waals surface area contributed by atoms with Gasteiger partial charge in [-0.1, -0.05) is 6.92 Å². The maximum atomic E-state index is 12.6. The van der Waals surface area contributed by atoms with Crippen LogP contribution in [0.3, 0.4) is 0 Å². The van der Waals surface area contributed by atoms with E-state index in [1.54, 1.807) is 0 Å². The van der Waals surface area contributed by atoms with Gasteiger partial charge in [-0.05, 0) is 57.7 Å². The van der Waals surface area contributed by atoms with E-state index >= 15 is 0 Å². The van der Waals surface area contributed by atoms with Gasteiger partial charge in [0.05, 0.1) is 0 Å². The number of hydrogen-bond acceptors (Lipinski definition) is 3. The molecule has 0 aromatic heterocycles. The molecule has 0 radical (unpaired) electrons. The topological polar surface area (TPSA) is 52.8 Å². The second kappa shape index (κ2) is 8.59. The molecular formula is C16H32N4O. The zero-order chi connectivity index (χ0) is 15.1. The first-order valence-electron chi connectivity index (χ1n) is 8.67. The fourth-order valence-electron chi connectivity index (χ4n) is 3.27. The summed E-state index contributed by atoms with van der Waals surface area (Å²) in [6, 6.07) is 0.269. The molecule has 0 atom stereocenters. The summed E-state index contributed by atoms with van der Waals surface area (Å²) in [5, 5.41) is 0. The first-order chi connectivity index (χ1) is 10.2.